The number of hydrogen-bond donors (Lipinski definition) is 2. The van der Waals surface area contributed by atoms with Crippen LogP contribution in [0.4, 0.5) is 0 Å². The summed E-state index contributed by atoms with van der Waals surface area (Å²) in [6.45, 7) is 4.59. The Hall–Kier alpha value is -0.570. The van der Waals surface area contributed by atoms with Crippen molar-refractivity contribution in [3.63, 3.8) is 0 Å². The lowest BCUT2D eigenvalue weighted by Crippen LogP contribution is -2.25. The molecule has 0 amide bonds. The molecular formula is C12H17BrN4OS2. The van der Waals surface area contributed by atoms with Gasteiger partial charge in [-0.2, -0.15) is 0 Å². The average molecular weight is 377 g/mol. The van der Waals surface area contributed by atoms with Crippen LogP contribution in [0, 0.1) is 0 Å². The first-order chi connectivity index (χ1) is 9.56. The molecule has 2 unspecified atom stereocenters. The number of halogens is 1. The third-order valence-corrected chi connectivity index (χ3v) is 6.24. The molecule has 0 radical (unpaired) electrons. The van der Waals surface area contributed by atoms with Crippen molar-refractivity contribution >= 4 is 39.0 Å². The summed E-state index contributed by atoms with van der Waals surface area (Å²) in [5, 5.41) is 7.38. The predicted molar refractivity (Wildman–Crippen MR) is 87.4 cm³/mol. The molecular weight excluding hydrogens is 360 g/mol. The summed E-state index contributed by atoms with van der Waals surface area (Å²) in [5.74, 6) is 0. The van der Waals surface area contributed by atoms with Gasteiger partial charge in [-0.05, 0) is 41.4 Å². The molecule has 0 aliphatic rings. The van der Waals surface area contributed by atoms with Gasteiger partial charge >= 0.3 is 5.69 Å². The smallest absolute Gasteiger partial charge is 0.326 e. The first-order valence-electron chi connectivity index (χ1n) is 6.39. The molecule has 3 N–H and O–H groups in total. The van der Waals surface area contributed by atoms with Crippen molar-refractivity contribution < 1.29 is 0 Å². The third-order valence-electron chi connectivity index (χ3n) is 3.01. The van der Waals surface area contributed by atoms with E-state index in [0.29, 0.717) is 11.7 Å². The van der Waals surface area contributed by atoms with Gasteiger partial charge in [0.2, 0.25) is 0 Å². The number of rotatable bonds is 6. The van der Waals surface area contributed by atoms with Gasteiger partial charge in [0.15, 0.2) is 5.16 Å². The van der Waals surface area contributed by atoms with E-state index in [1.165, 1.54) is 4.88 Å². The van der Waals surface area contributed by atoms with Crippen LogP contribution in [0.2, 0.25) is 0 Å². The highest BCUT2D eigenvalue weighted by Crippen LogP contribution is 2.41. The normalized spacial score (nSPS) is 14.4. The molecule has 0 saturated carbocycles. The number of H-pyrrole nitrogens is 1. The van der Waals surface area contributed by atoms with Gasteiger partial charge in [-0.1, -0.05) is 18.7 Å². The number of hydrogen-bond acceptors (Lipinski definition) is 5. The van der Waals surface area contributed by atoms with E-state index in [1.54, 1.807) is 27.7 Å². The molecule has 0 bridgehead atoms. The van der Waals surface area contributed by atoms with Crippen LogP contribution in [-0.2, 0) is 6.54 Å². The van der Waals surface area contributed by atoms with Gasteiger partial charge in [0, 0.05) is 17.5 Å². The summed E-state index contributed by atoms with van der Waals surface area (Å²) >= 11 is 6.70. The maximum atomic E-state index is 11.6. The van der Waals surface area contributed by atoms with Crippen LogP contribution in [0.15, 0.2) is 25.9 Å². The molecule has 5 nitrogen and oxygen atoms in total. The fourth-order valence-electron chi connectivity index (χ4n) is 1.84. The summed E-state index contributed by atoms with van der Waals surface area (Å²) in [5.41, 5.74) is 6.07. The van der Waals surface area contributed by atoms with E-state index < -0.39 is 0 Å². The van der Waals surface area contributed by atoms with Crippen molar-refractivity contribution in [3.8, 4) is 0 Å². The van der Waals surface area contributed by atoms with Crippen molar-refractivity contribution in [1.29, 1.82) is 0 Å². The number of thioether (sulfide) groups is 1. The highest BCUT2D eigenvalue weighted by Gasteiger charge is 2.24. The number of thiophene rings is 1. The molecule has 0 saturated heterocycles. The van der Waals surface area contributed by atoms with E-state index >= 15 is 0 Å². The maximum absolute atomic E-state index is 11.6. The van der Waals surface area contributed by atoms with Crippen molar-refractivity contribution in [3.05, 3.63) is 31.3 Å². The van der Waals surface area contributed by atoms with Crippen molar-refractivity contribution in [2.75, 3.05) is 0 Å². The van der Waals surface area contributed by atoms with Gasteiger partial charge in [-0.25, -0.2) is 9.89 Å². The molecule has 2 aromatic rings. The molecule has 20 heavy (non-hydrogen) atoms. The summed E-state index contributed by atoms with van der Waals surface area (Å²) in [6, 6.07) is 4.11. The molecule has 2 rings (SSSR count). The summed E-state index contributed by atoms with van der Waals surface area (Å²) in [4.78, 5) is 12.8. The SMILES string of the molecule is CCC(N)C(Sc1n[nH]c(=O)n1CC)c1ccc(Br)s1. The first kappa shape index (κ1) is 15.8. The molecule has 0 fully saturated rings. The number of nitrogens with one attached hydrogen (secondary N) is 1. The number of aromatic amines is 1. The zero-order valence-corrected chi connectivity index (χ0v) is 14.5. The van der Waals surface area contributed by atoms with E-state index in [4.69, 9.17) is 5.73 Å². The van der Waals surface area contributed by atoms with Gasteiger partial charge in [-0.3, -0.25) is 4.57 Å². The Morgan fingerprint density at radius 1 is 1.55 bits per heavy atom. The number of nitrogens with two attached hydrogens (primary N) is 1. The van der Waals surface area contributed by atoms with Gasteiger partial charge in [0.1, 0.15) is 0 Å². The van der Waals surface area contributed by atoms with Crippen molar-refractivity contribution in [1.82, 2.24) is 14.8 Å². The van der Waals surface area contributed by atoms with Crippen LogP contribution in [0.25, 0.3) is 0 Å². The second kappa shape index (κ2) is 6.93. The lowest BCUT2D eigenvalue weighted by Gasteiger charge is -2.20. The second-order valence-electron chi connectivity index (χ2n) is 4.31. The number of nitrogens with zero attached hydrogens (tertiary/aromatic N) is 2. The zero-order valence-electron chi connectivity index (χ0n) is 11.3. The van der Waals surface area contributed by atoms with Crippen LogP contribution < -0.4 is 11.4 Å². The van der Waals surface area contributed by atoms with Crippen LogP contribution in [0.1, 0.15) is 30.4 Å². The van der Waals surface area contributed by atoms with Gasteiger partial charge in [0.25, 0.3) is 0 Å². The monoisotopic (exact) mass is 376 g/mol. The van der Waals surface area contributed by atoms with Crippen LogP contribution in [0.5, 0.6) is 0 Å². The van der Waals surface area contributed by atoms with E-state index in [2.05, 4.69) is 39.1 Å². The van der Waals surface area contributed by atoms with Crippen molar-refractivity contribution in [2.45, 2.75) is 43.3 Å². The summed E-state index contributed by atoms with van der Waals surface area (Å²) in [6.07, 6.45) is 0.869. The molecule has 2 heterocycles. The molecule has 2 atom stereocenters. The Labute approximate surface area is 134 Å². The maximum Gasteiger partial charge on any atom is 0.343 e. The topological polar surface area (TPSA) is 76.7 Å². The van der Waals surface area contributed by atoms with Gasteiger partial charge in [0.05, 0.1) is 9.04 Å². The van der Waals surface area contributed by atoms with Crippen LogP contribution in [-0.4, -0.2) is 20.8 Å². The Bertz CT molecular complexity index is 621. The van der Waals surface area contributed by atoms with E-state index in [0.717, 1.165) is 10.2 Å². The first-order valence-corrected chi connectivity index (χ1v) is 8.88. The van der Waals surface area contributed by atoms with E-state index in [9.17, 15) is 4.79 Å². The zero-order chi connectivity index (χ0) is 14.7. The second-order valence-corrected chi connectivity index (χ2v) is 7.91. The highest BCUT2D eigenvalue weighted by atomic mass is 79.9. The Kier molecular flexibility index (Phi) is 5.48. The summed E-state index contributed by atoms with van der Waals surface area (Å²) in [7, 11) is 0. The minimum Gasteiger partial charge on any atom is -0.326 e. The van der Waals surface area contributed by atoms with Crippen LogP contribution in [0.3, 0.4) is 0 Å². The fraction of sp³-hybridized carbons (Fsp3) is 0.500. The molecule has 8 heteroatoms. The summed E-state index contributed by atoms with van der Waals surface area (Å²) < 4.78 is 2.71. The van der Waals surface area contributed by atoms with Crippen molar-refractivity contribution in [2.24, 2.45) is 5.73 Å². The molecule has 0 aliphatic carbocycles. The quantitative estimate of drug-likeness (QED) is 0.759. The van der Waals surface area contributed by atoms with Crippen LogP contribution >= 0.6 is 39.0 Å². The van der Waals surface area contributed by atoms with Gasteiger partial charge < -0.3 is 5.73 Å². The molecule has 2 aromatic heterocycles. The van der Waals surface area contributed by atoms with Gasteiger partial charge in [-0.15, -0.1) is 16.4 Å². The molecule has 0 aromatic carbocycles. The largest absolute Gasteiger partial charge is 0.343 e. The Balaban J connectivity index is 2.30. The molecule has 0 aliphatic heterocycles. The van der Waals surface area contributed by atoms with E-state index in [1.807, 2.05) is 13.0 Å². The van der Waals surface area contributed by atoms with E-state index in [-0.39, 0.29) is 17.0 Å². The average Bonchev–Trinajstić information content (AvgIpc) is 3.01. The number of aromatic nitrogens is 3. The lowest BCUT2D eigenvalue weighted by atomic mass is 10.1. The molecule has 0 spiro atoms. The lowest BCUT2D eigenvalue weighted by molar-refractivity contribution is 0.626. The minimum atomic E-state index is -0.175. The Morgan fingerprint density at radius 2 is 2.30 bits per heavy atom. The minimum absolute atomic E-state index is 0.0164. The Morgan fingerprint density at radius 3 is 2.85 bits per heavy atom. The highest BCUT2D eigenvalue weighted by molar-refractivity contribution is 9.11. The standard InChI is InChI=1S/C12H17BrN4OS2/c1-3-7(14)10(8-5-6-9(13)19-8)20-12-16-15-11(18)17(12)4-2/h5-7,10H,3-4,14H2,1-2H3,(H,15,18). The molecule has 110 valence electrons. The fourth-order valence-corrected chi connectivity index (χ4v) is 4.83. The predicted octanol–water partition coefficient (Wildman–Crippen LogP) is 2.99. The third kappa shape index (κ3) is 3.36.